The second-order valence-electron chi connectivity index (χ2n) is 8.29. The Kier molecular flexibility index (Phi) is 7.39. The highest BCUT2D eigenvalue weighted by molar-refractivity contribution is 6.31. The highest BCUT2D eigenvalue weighted by atomic mass is 35.5. The molecule has 0 aliphatic rings. The van der Waals surface area contributed by atoms with Crippen LogP contribution in [0.2, 0.25) is 5.02 Å². The number of anilines is 1. The summed E-state index contributed by atoms with van der Waals surface area (Å²) in [6, 6.07) is 16.4. The molecule has 2 amide bonds. The van der Waals surface area contributed by atoms with Gasteiger partial charge in [0.2, 0.25) is 0 Å². The van der Waals surface area contributed by atoms with Gasteiger partial charge in [0.05, 0.1) is 11.6 Å². The van der Waals surface area contributed by atoms with Crippen LogP contribution in [0.5, 0.6) is 0 Å². The summed E-state index contributed by atoms with van der Waals surface area (Å²) in [4.78, 5) is 15.0. The van der Waals surface area contributed by atoms with E-state index in [0.717, 1.165) is 12.2 Å². The van der Waals surface area contributed by atoms with Crippen molar-refractivity contribution in [3.63, 3.8) is 0 Å². The number of rotatable bonds is 7. The number of halogens is 2. The lowest BCUT2D eigenvalue weighted by atomic mass is 10.0. The van der Waals surface area contributed by atoms with Crippen molar-refractivity contribution in [2.75, 3.05) is 5.32 Å². The van der Waals surface area contributed by atoms with Crippen molar-refractivity contribution in [1.29, 1.82) is 0 Å². The Labute approximate surface area is 188 Å². The molecule has 0 spiro atoms. The first kappa shape index (κ1) is 22.9. The number of hydrogen-bond donors (Lipinski definition) is 1. The maximum absolute atomic E-state index is 13.5. The van der Waals surface area contributed by atoms with E-state index in [1.807, 2.05) is 30.2 Å². The summed E-state index contributed by atoms with van der Waals surface area (Å²) in [6.07, 6.45) is 2.04. The third-order valence-electron chi connectivity index (χ3n) is 5.58. The second kappa shape index (κ2) is 10.0. The van der Waals surface area contributed by atoms with E-state index in [2.05, 4.69) is 54.9 Å². The van der Waals surface area contributed by atoms with Crippen LogP contribution in [-0.4, -0.2) is 21.5 Å². The van der Waals surface area contributed by atoms with Crippen LogP contribution in [0.25, 0.3) is 0 Å². The van der Waals surface area contributed by atoms with Crippen molar-refractivity contribution in [2.24, 2.45) is 5.92 Å². The maximum atomic E-state index is 13.5. The van der Waals surface area contributed by atoms with Crippen LogP contribution in [0.4, 0.5) is 14.9 Å². The number of hydrogen-bond acceptors (Lipinski definition) is 1. The molecule has 31 heavy (non-hydrogen) atoms. The van der Waals surface area contributed by atoms with Gasteiger partial charge in [0.25, 0.3) is 0 Å². The Bertz CT molecular complexity index is 1050. The van der Waals surface area contributed by atoms with Crippen LogP contribution < -0.4 is 5.32 Å². The Morgan fingerprint density at radius 3 is 2.58 bits per heavy atom. The van der Waals surface area contributed by atoms with Crippen LogP contribution in [0, 0.1) is 18.7 Å². The molecule has 0 aliphatic carbocycles. The summed E-state index contributed by atoms with van der Waals surface area (Å²) in [5.74, 6) is -0.246. The maximum Gasteiger partial charge on any atom is 0.322 e. The van der Waals surface area contributed by atoms with Crippen LogP contribution in [0.15, 0.2) is 60.8 Å². The minimum absolute atomic E-state index is 0.00163. The van der Waals surface area contributed by atoms with Gasteiger partial charge in [0.1, 0.15) is 5.82 Å². The highest BCUT2D eigenvalue weighted by Crippen LogP contribution is 2.22. The summed E-state index contributed by atoms with van der Waals surface area (Å²) < 4.78 is 15.6. The quantitative estimate of drug-likeness (QED) is 0.434. The number of aromatic nitrogens is 1. The molecule has 6 heteroatoms. The molecule has 0 bridgehead atoms. The molecule has 2 aromatic carbocycles. The molecule has 0 aliphatic heterocycles. The first-order valence-electron chi connectivity index (χ1n) is 10.5. The first-order valence-corrected chi connectivity index (χ1v) is 10.8. The second-order valence-corrected chi connectivity index (χ2v) is 8.70. The number of nitrogens with one attached hydrogen (secondary N) is 1. The number of aryl methyl sites for hydroxylation is 1. The minimum Gasteiger partial charge on any atom is -0.345 e. The topological polar surface area (TPSA) is 37.3 Å². The molecule has 1 aromatic heterocycles. The van der Waals surface area contributed by atoms with E-state index >= 15 is 0 Å². The van der Waals surface area contributed by atoms with Crippen molar-refractivity contribution >= 4 is 23.3 Å². The van der Waals surface area contributed by atoms with Gasteiger partial charge in [-0.05, 0) is 55.7 Å². The highest BCUT2D eigenvalue weighted by Gasteiger charge is 2.24. The van der Waals surface area contributed by atoms with Crippen LogP contribution >= 0.6 is 11.6 Å². The molecule has 1 N–H and O–H groups in total. The predicted molar refractivity (Wildman–Crippen MR) is 125 cm³/mol. The van der Waals surface area contributed by atoms with Gasteiger partial charge >= 0.3 is 6.03 Å². The Balaban J connectivity index is 1.81. The zero-order valence-electron chi connectivity index (χ0n) is 18.4. The summed E-state index contributed by atoms with van der Waals surface area (Å²) >= 11 is 5.87. The van der Waals surface area contributed by atoms with E-state index < -0.39 is 5.82 Å². The Morgan fingerprint density at radius 1 is 1.13 bits per heavy atom. The summed E-state index contributed by atoms with van der Waals surface area (Å²) in [6.45, 7) is 9.49. The number of benzene rings is 2. The molecule has 1 unspecified atom stereocenters. The average Bonchev–Trinajstić information content (AvgIpc) is 3.15. The van der Waals surface area contributed by atoms with E-state index in [0.29, 0.717) is 12.2 Å². The fraction of sp³-hybridized carbons (Fsp3) is 0.320. The average molecular weight is 442 g/mol. The van der Waals surface area contributed by atoms with E-state index in [9.17, 15) is 9.18 Å². The minimum atomic E-state index is -0.513. The predicted octanol–water partition coefficient (Wildman–Crippen LogP) is 6.72. The van der Waals surface area contributed by atoms with Crippen molar-refractivity contribution < 1.29 is 9.18 Å². The van der Waals surface area contributed by atoms with Gasteiger partial charge in [-0.2, -0.15) is 0 Å². The van der Waals surface area contributed by atoms with E-state index in [1.165, 1.54) is 29.3 Å². The molecule has 0 fully saturated rings. The SMILES string of the molecule is Cc1cccc(Cn2cccc2CN(C(=O)Nc2ccc(F)c(Cl)c2)C(C)C(C)C)c1. The number of urea groups is 1. The summed E-state index contributed by atoms with van der Waals surface area (Å²) in [5.41, 5.74) is 3.94. The monoisotopic (exact) mass is 441 g/mol. The Morgan fingerprint density at radius 2 is 1.90 bits per heavy atom. The van der Waals surface area contributed by atoms with Crippen molar-refractivity contribution in [1.82, 2.24) is 9.47 Å². The lowest BCUT2D eigenvalue weighted by Crippen LogP contribution is -2.43. The molecular formula is C25H29ClFN3O. The molecule has 0 saturated heterocycles. The van der Waals surface area contributed by atoms with E-state index in [-0.39, 0.29) is 23.0 Å². The smallest absolute Gasteiger partial charge is 0.322 e. The van der Waals surface area contributed by atoms with Gasteiger partial charge in [-0.25, -0.2) is 9.18 Å². The molecule has 164 valence electrons. The van der Waals surface area contributed by atoms with Gasteiger partial charge in [-0.1, -0.05) is 55.3 Å². The van der Waals surface area contributed by atoms with Crippen molar-refractivity contribution in [3.8, 4) is 0 Å². The van der Waals surface area contributed by atoms with Crippen LogP contribution in [0.3, 0.4) is 0 Å². The third-order valence-corrected chi connectivity index (χ3v) is 5.87. The zero-order chi connectivity index (χ0) is 22.5. The molecular weight excluding hydrogens is 413 g/mol. The molecule has 0 radical (unpaired) electrons. The molecule has 1 atom stereocenters. The molecule has 4 nitrogen and oxygen atoms in total. The first-order chi connectivity index (χ1) is 14.7. The fourth-order valence-corrected chi connectivity index (χ4v) is 3.64. The molecule has 3 aromatic rings. The van der Waals surface area contributed by atoms with Gasteiger partial charge in [0.15, 0.2) is 0 Å². The van der Waals surface area contributed by atoms with Crippen LogP contribution in [0.1, 0.15) is 37.6 Å². The largest absolute Gasteiger partial charge is 0.345 e. The van der Waals surface area contributed by atoms with Gasteiger partial charge in [-0.15, -0.1) is 0 Å². The normalized spacial score (nSPS) is 12.1. The van der Waals surface area contributed by atoms with E-state index in [4.69, 9.17) is 11.6 Å². The van der Waals surface area contributed by atoms with Crippen molar-refractivity contribution in [3.05, 3.63) is 88.5 Å². The van der Waals surface area contributed by atoms with Crippen LogP contribution in [-0.2, 0) is 13.1 Å². The fourth-order valence-electron chi connectivity index (χ4n) is 3.46. The zero-order valence-corrected chi connectivity index (χ0v) is 19.2. The van der Waals surface area contributed by atoms with E-state index in [1.54, 1.807) is 0 Å². The Hall–Kier alpha value is -2.79. The van der Waals surface area contributed by atoms with Crippen molar-refractivity contribution in [2.45, 2.75) is 46.8 Å². The summed E-state index contributed by atoms with van der Waals surface area (Å²) in [7, 11) is 0. The number of nitrogens with zero attached hydrogens (tertiary/aromatic N) is 2. The lowest BCUT2D eigenvalue weighted by molar-refractivity contribution is 0.168. The van der Waals surface area contributed by atoms with Gasteiger partial charge in [-0.3, -0.25) is 0 Å². The third kappa shape index (κ3) is 5.88. The van der Waals surface area contributed by atoms with Gasteiger partial charge < -0.3 is 14.8 Å². The molecule has 0 saturated carbocycles. The van der Waals surface area contributed by atoms with Gasteiger partial charge in [0, 0.05) is 30.2 Å². The number of carbonyl (C=O) groups excluding carboxylic acids is 1. The molecule has 3 rings (SSSR count). The number of carbonyl (C=O) groups is 1. The number of amides is 2. The standard InChI is InChI=1S/C25H29ClFN3O/c1-17(2)19(4)30(25(31)28-21-10-11-24(27)23(26)14-21)16-22-9-6-12-29(22)15-20-8-5-7-18(3)13-20/h5-14,17,19H,15-16H2,1-4H3,(H,28,31). The summed E-state index contributed by atoms with van der Waals surface area (Å²) in [5, 5.41) is 2.84. The molecule has 1 heterocycles. The lowest BCUT2D eigenvalue weighted by Gasteiger charge is -2.32.